The predicted octanol–water partition coefficient (Wildman–Crippen LogP) is 6.30. The number of nitrogens with zero attached hydrogens (tertiary/aromatic N) is 3. The highest BCUT2D eigenvalue weighted by atomic mass is 16.6. The molecule has 188 valence electrons. The second-order valence-corrected chi connectivity index (χ2v) is 10.6. The maximum absolute atomic E-state index is 13.1. The van der Waals surface area contributed by atoms with Crippen molar-refractivity contribution >= 4 is 11.9 Å². The Morgan fingerprint density at radius 1 is 1.00 bits per heavy atom. The van der Waals surface area contributed by atoms with Gasteiger partial charge in [0.15, 0.2) is 5.78 Å². The van der Waals surface area contributed by atoms with E-state index in [0.717, 1.165) is 24.0 Å². The molecule has 6 heteroatoms. The summed E-state index contributed by atoms with van der Waals surface area (Å²) in [4.78, 5) is 27.3. The smallest absolute Gasteiger partial charge is 0.410 e. The standard InChI is InChI=1S/C30H35N3O3/c1-21-7-5-6-8-26(21)27(19-28(34)25-13-16-31-32-20-25)24-11-9-22(10-12-24)23-14-17-33(18-15-23)29(35)36-30(2,3)4/h5-13,16,20,23,27H,14-15,17-19H2,1-4H3. The molecule has 0 aliphatic carbocycles. The van der Waals surface area contributed by atoms with Crippen molar-refractivity contribution in [1.82, 2.24) is 15.1 Å². The Morgan fingerprint density at radius 3 is 2.31 bits per heavy atom. The van der Waals surface area contributed by atoms with Gasteiger partial charge in [-0.05, 0) is 74.8 Å². The average Bonchev–Trinajstić information content (AvgIpc) is 2.87. The lowest BCUT2D eigenvalue weighted by atomic mass is 9.82. The van der Waals surface area contributed by atoms with Crippen molar-refractivity contribution in [3.05, 3.63) is 94.8 Å². The summed E-state index contributed by atoms with van der Waals surface area (Å²) in [5.41, 5.74) is 4.82. The highest BCUT2D eigenvalue weighted by molar-refractivity contribution is 5.96. The first kappa shape index (κ1) is 25.5. The van der Waals surface area contributed by atoms with E-state index in [1.165, 1.54) is 17.3 Å². The quantitative estimate of drug-likeness (QED) is 0.383. The van der Waals surface area contributed by atoms with Crippen LogP contribution in [-0.2, 0) is 4.74 Å². The van der Waals surface area contributed by atoms with Crippen LogP contribution in [0.1, 0.15) is 84.5 Å². The van der Waals surface area contributed by atoms with Crippen LogP contribution in [0.2, 0.25) is 0 Å². The van der Waals surface area contributed by atoms with Crippen molar-refractivity contribution in [3.8, 4) is 0 Å². The van der Waals surface area contributed by atoms with Gasteiger partial charge in [0.1, 0.15) is 5.60 Å². The third-order valence-electron chi connectivity index (χ3n) is 6.82. The first-order chi connectivity index (χ1) is 17.2. The number of piperidine rings is 1. The van der Waals surface area contributed by atoms with E-state index in [1.54, 1.807) is 12.3 Å². The molecule has 0 radical (unpaired) electrons. The van der Waals surface area contributed by atoms with E-state index in [4.69, 9.17) is 4.74 Å². The van der Waals surface area contributed by atoms with Crippen molar-refractivity contribution in [2.45, 2.75) is 64.4 Å². The van der Waals surface area contributed by atoms with Crippen LogP contribution in [0, 0.1) is 6.92 Å². The number of hydrogen-bond donors (Lipinski definition) is 0. The minimum atomic E-state index is -0.479. The van der Waals surface area contributed by atoms with Crippen LogP contribution in [0.3, 0.4) is 0 Å². The lowest BCUT2D eigenvalue weighted by Crippen LogP contribution is -2.41. The number of ketones is 1. The van der Waals surface area contributed by atoms with Crippen LogP contribution >= 0.6 is 0 Å². The van der Waals surface area contributed by atoms with E-state index in [0.29, 0.717) is 31.0 Å². The lowest BCUT2D eigenvalue weighted by Gasteiger charge is -2.33. The molecule has 1 saturated heterocycles. The summed E-state index contributed by atoms with van der Waals surface area (Å²) in [6, 6.07) is 18.7. The summed E-state index contributed by atoms with van der Waals surface area (Å²) in [6.07, 6.45) is 5.04. The second-order valence-electron chi connectivity index (χ2n) is 10.6. The number of carbonyl (C=O) groups excluding carboxylic acids is 2. The first-order valence-corrected chi connectivity index (χ1v) is 12.6. The molecule has 2 heterocycles. The number of rotatable bonds is 6. The molecule has 3 aromatic rings. The van der Waals surface area contributed by atoms with Gasteiger partial charge in [-0.25, -0.2) is 4.79 Å². The predicted molar refractivity (Wildman–Crippen MR) is 140 cm³/mol. The molecule has 1 amide bonds. The monoisotopic (exact) mass is 485 g/mol. The summed E-state index contributed by atoms with van der Waals surface area (Å²) >= 11 is 0. The molecule has 0 spiro atoms. The average molecular weight is 486 g/mol. The van der Waals surface area contributed by atoms with Crippen molar-refractivity contribution in [2.24, 2.45) is 0 Å². The zero-order valence-electron chi connectivity index (χ0n) is 21.6. The van der Waals surface area contributed by atoms with Gasteiger partial charge in [-0.1, -0.05) is 48.5 Å². The molecule has 1 unspecified atom stereocenters. The molecule has 1 aliphatic heterocycles. The molecule has 1 aliphatic rings. The number of benzene rings is 2. The molecular weight excluding hydrogens is 450 g/mol. The molecule has 1 atom stereocenters. The largest absolute Gasteiger partial charge is 0.444 e. The van der Waals surface area contributed by atoms with E-state index in [9.17, 15) is 9.59 Å². The molecule has 2 aromatic carbocycles. The number of hydrogen-bond acceptors (Lipinski definition) is 5. The molecule has 1 fully saturated rings. The molecule has 0 N–H and O–H groups in total. The molecule has 6 nitrogen and oxygen atoms in total. The molecule has 0 saturated carbocycles. The van der Waals surface area contributed by atoms with Gasteiger partial charge in [-0.15, -0.1) is 0 Å². The lowest BCUT2D eigenvalue weighted by molar-refractivity contribution is 0.0204. The molecular formula is C30H35N3O3. The summed E-state index contributed by atoms with van der Waals surface area (Å²) in [7, 11) is 0. The third kappa shape index (κ3) is 6.36. The van der Waals surface area contributed by atoms with Crippen LogP contribution in [0.5, 0.6) is 0 Å². The number of amides is 1. The van der Waals surface area contributed by atoms with Gasteiger partial charge in [0.05, 0.1) is 12.4 Å². The van der Waals surface area contributed by atoms with E-state index in [-0.39, 0.29) is 17.8 Å². The van der Waals surface area contributed by atoms with Gasteiger partial charge < -0.3 is 9.64 Å². The van der Waals surface area contributed by atoms with Gasteiger partial charge in [0, 0.05) is 31.0 Å². The SMILES string of the molecule is Cc1ccccc1C(CC(=O)c1ccnnc1)c1ccc(C2CCN(C(=O)OC(C)(C)C)CC2)cc1. The van der Waals surface area contributed by atoms with E-state index in [1.807, 2.05) is 37.8 Å². The van der Waals surface area contributed by atoms with E-state index in [2.05, 4.69) is 53.5 Å². The minimum Gasteiger partial charge on any atom is -0.444 e. The number of likely N-dealkylation sites (tertiary alicyclic amines) is 1. The van der Waals surface area contributed by atoms with Gasteiger partial charge in [0.25, 0.3) is 0 Å². The number of Topliss-reactive ketones (excluding diaryl/α,β-unsaturated/α-hetero) is 1. The first-order valence-electron chi connectivity index (χ1n) is 12.6. The zero-order valence-corrected chi connectivity index (χ0v) is 21.6. The Bertz CT molecular complexity index is 1180. The second kappa shape index (κ2) is 11.0. The van der Waals surface area contributed by atoms with Crippen molar-refractivity contribution in [3.63, 3.8) is 0 Å². The van der Waals surface area contributed by atoms with Crippen molar-refractivity contribution in [1.29, 1.82) is 0 Å². The number of aryl methyl sites for hydroxylation is 1. The summed E-state index contributed by atoms with van der Waals surface area (Å²) in [5, 5.41) is 7.66. The summed E-state index contributed by atoms with van der Waals surface area (Å²) in [6.45, 7) is 9.16. The fourth-order valence-electron chi connectivity index (χ4n) is 4.87. The van der Waals surface area contributed by atoms with Crippen LogP contribution in [-0.4, -0.2) is 45.7 Å². The van der Waals surface area contributed by atoms with Gasteiger partial charge >= 0.3 is 6.09 Å². The van der Waals surface area contributed by atoms with Gasteiger partial charge in [-0.2, -0.15) is 10.2 Å². The summed E-state index contributed by atoms with van der Waals surface area (Å²) < 4.78 is 5.53. The number of aromatic nitrogens is 2. The number of carbonyl (C=O) groups is 2. The van der Waals surface area contributed by atoms with Crippen LogP contribution in [0.15, 0.2) is 67.0 Å². The molecule has 0 bridgehead atoms. The van der Waals surface area contributed by atoms with Crippen molar-refractivity contribution < 1.29 is 14.3 Å². The normalized spacial score (nSPS) is 15.4. The molecule has 1 aromatic heterocycles. The third-order valence-corrected chi connectivity index (χ3v) is 6.82. The Kier molecular flexibility index (Phi) is 7.82. The minimum absolute atomic E-state index is 0.0464. The zero-order chi connectivity index (χ0) is 25.7. The van der Waals surface area contributed by atoms with Crippen molar-refractivity contribution in [2.75, 3.05) is 13.1 Å². The highest BCUT2D eigenvalue weighted by Crippen LogP contribution is 2.34. The highest BCUT2D eigenvalue weighted by Gasteiger charge is 2.28. The fraction of sp³-hybridized carbons (Fsp3) is 0.400. The maximum Gasteiger partial charge on any atom is 0.410 e. The maximum atomic E-state index is 13.1. The molecule has 36 heavy (non-hydrogen) atoms. The van der Waals surface area contributed by atoms with E-state index >= 15 is 0 Å². The Balaban J connectivity index is 1.49. The summed E-state index contributed by atoms with van der Waals surface area (Å²) in [5.74, 6) is 0.408. The topological polar surface area (TPSA) is 72.4 Å². The van der Waals surface area contributed by atoms with Crippen LogP contribution < -0.4 is 0 Å². The number of ether oxygens (including phenoxy) is 1. The van der Waals surface area contributed by atoms with E-state index < -0.39 is 5.60 Å². The fourth-order valence-corrected chi connectivity index (χ4v) is 4.87. The van der Waals surface area contributed by atoms with Gasteiger partial charge in [0.2, 0.25) is 0 Å². The van der Waals surface area contributed by atoms with Crippen LogP contribution in [0.4, 0.5) is 4.79 Å². The van der Waals surface area contributed by atoms with Crippen LogP contribution in [0.25, 0.3) is 0 Å². The Morgan fingerprint density at radius 2 is 1.69 bits per heavy atom. The Labute approximate surface area is 213 Å². The Hall–Kier alpha value is -3.54. The van der Waals surface area contributed by atoms with Gasteiger partial charge in [-0.3, -0.25) is 4.79 Å². The molecule has 4 rings (SSSR count).